The molecule has 29 heavy (non-hydrogen) atoms. The summed E-state index contributed by atoms with van der Waals surface area (Å²) in [5.41, 5.74) is 6.70. The summed E-state index contributed by atoms with van der Waals surface area (Å²) in [5.74, 6) is 0.365. The molecule has 0 saturated heterocycles. The van der Waals surface area contributed by atoms with Crippen LogP contribution in [0.25, 0.3) is 0 Å². The number of alkyl halides is 3. The summed E-state index contributed by atoms with van der Waals surface area (Å²) in [6.07, 6.45) is -1.42. The fraction of sp³-hybridized carbons (Fsp3) is 0.474. The Labute approximate surface area is 167 Å². The van der Waals surface area contributed by atoms with E-state index in [4.69, 9.17) is 10.5 Å². The molecule has 1 atom stereocenters. The number of hydrogen-bond acceptors (Lipinski definition) is 7. The Hall–Kier alpha value is -2.59. The number of halogens is 3. The molecule has 0 bridgehead atoms. The maximum absolute atomic E-state index is 13.2. The van der Waals surface area contributed by atoms with Crippen LogP contribution in [-0.2, 0) is 12.6 Å². The third-order valence-corrected chi connectivity index (χ3v) is 4.49. The summed E-state index contributed by atoms with van der Waals surface area (Å²) in [5, 5.41) is 8.80. The highest BCUT2D eigenvalue weighted by molar-refractivity contribution is 5.64. The van der Waals surface area contributed by atoms with Crippen molar-refractivity contribution in [3.8, 4) is 5.75 Å². The zero-order valence-electron chi connectivity index (χ0n) is 16.3. The van der Waals surface area contributed by atoms with Gasteiger partial charge in [-0.2, -0.15) is 18.2 Å². The number of hydrogen-bond donors (Lipinski definition) is 4. The minimum Gasteiger partial charge on any atom is -0.495 e. The predicted molar refractivity (Wildman–Crippen MR) is 106 cm³/mol. The van der Waals surface area contributed by atoms with E-state index in [9.17, 15) is 13.2 Å². The number of benzene rings is 1. The molecule has 158 valence electrons. The first kappa shape index (κ1) is 21.1. The number of ether oxygens (including phenoxy) is 1. The molecule has 0 amide bonds. The molecule has 1 aromatic heterocycles. The first-order valence-electron chi connectivity index (χ1n) is 9.35. The van der Waals surface area contributed by atoms with Crippen LogP contribution in [0.3, 0.4) is 0 Å². The van der Waals surface area contributed by atoms with E-state index in [0.29, 0.717) is 24.4 Å². The molecule has 1 saturated carbocycles. The highest BCUT2D eigenvalue weighted by atomic mass is 19.4. The van der Waals surface area contributed by atoms with E-state index < -0.39 is 11.7 Å². The predicted octanol–water partition coefficient (Wildman–Crippen LogP) is 2.91. The van der Waals surface area contributed by atoms with Crippen LogP contribution in [0.4, 0.5) is 30.6 Å². The van der Waals surface area contributed by atoms with Gasteiger partial charge in [0, 0.05) is 24.8 Å². The minimum absolute atomic E-state index is 0.0227. The molecule has 0 aliphatic heterocycles. The third-order valence-electron chi connectivity index (χ3n) is 4.49. The molecule has 1 unspecified atom stereocenters. The van der Waals surface area contributed by atoms with E-state index in [2.05, 4.69) is 25.9 Å². The number of aromatic nitrogens is 2. The Morgan fingerprint density at radius 1 is 1.31 bits per heavy atom. The van der Waals surface area contributed by atoms with Crippen molar-refractivity contribution in [2.45, 2.75) is 37.5 Å². The summed E-state index contributed by atoms with van der Waals surface area (Å²) in [7, 11) is 3.36. The van der Waals surface area contributed by atoms with Crippen molar-refractivity contribution in [1.82, 2.24) is 15.3 Å². The number of methoxy groups -OCH3 is 1. The van der Waals surface area contributed by atoms with Gasteiger partial charge in [-0.25, -0.2) is 4.98 Å². The lowest BCUT2D eigenvalue weighted by molar-refractivity contribution is -0.137. The van der Waals surface area contributed by atoms with Crippen LogP contribution in [0.1, 0.15) is 24.0 Å². The van der Waals surface area contributed by atoms with Crippen molar-refractivity contribution >= 4 is 17.5 Å². The van der Waals surface area contributed by atoms with Gasteiger partial charge in [0.1, 0.15) is 17.1 Å². The molecular weight excluding hydrogens is 385 g/mol. The third kappa shape index (κ3) is 5.70. The zero-order valence-corrected chi connectivity index (χ0v) is 16.3. The second-order valence-electron chi connectivity index (χ2n) is 7.05. The number of nitrogens with zero attached hydrogens (tertiary/aromatic N) is 2. The van der Waals surface area contributed by atoms with E-state index in [-0.39, 0.29) is 23.8 Å². The summed E-state index contributed by atoms with van der Waals surface area (Å²) in [4.78, 5) is 7.88. The van der Waals surface area contributed by atoms with Crippen LogP contribution in [0.15, 0.2) is 24.4 Å². The molecule has 1 heterocycles. The quantitative estimate of drug-likeness (QED) is 0.505. The van der Waals surface area contributed by atoms with Gasteiger partial charge in [0.15, 0.2) is 0 Å². The number of likely N-dealkylation sites (N-methyl/N-ethyl adjacent to an activating group) is 1. The first-order chi connectivity index (χ1) is 13.8. The van der Waals surface area contributed by atoms with Crippen molar-refractivity contribution in [3.63, 3.8) is 0 Å². The highest BCUT2D eigenvalue weighted by Crippen LogP contribution is 2.37. The highest BCUT2D eigenvalue weighted by Gasteiger charge is 2.36. The Morgan fingerprint density at radius 3 is 2.69 bits per heavy atom. The molecule has 0 spiro atoms. The number of nitrogens with one attached hydrogen (secondary N) is 3. The van der Waals surface area contributed by atoms with Crippen LogP contribution in [-0.4, -0.2) is 42.8 Å². The SMILES string of the molecule is CNCC(N)Cc1ccc(Nc2ncc(C(F)(F)F)c(NC3CC3)n2)c(OC)c1. The number of rotatable bonds is 9. The lowest BCUT2D eigenvalue weighted by Gasteiger charge is -2.16. The van der Waals surface area contributed by atoms with Crippen LogP contribution < -0.4 is 26.4 Å². The molecule has 0 radical (unpaired) electrons. The first-order valence-corrected chi connectivity index (χ1v) is 9.35. The molecule has 3 rings (SSSR count). The van der Waals surface area contributed by atoms with E-state index in [1.54, 1.807) is 6.07 Å². The van der Waals surface area contributed by atoms with Gasteiger partial charge in [-0.05, 0) is 44.0 Å². The molecule has 2 aromatic rings. The molecule has 1 aromatic carbocycles. The second-order valence-corrected chi connectivity index (χ2v) is 7.05. The monoisotopic (exact) mass is 410 g/mol. The molecule has 1 aliphatic rings. The van der Waals surface area contributed by atoms with Gasteiger partial charge in [-0.3, -0.25) is 0 Å². The smallest absolute Gasteiger partial charge is 0.421 e. The van der Waals surface area contributed by atoms with Crippen molar-refractivity contribution < 1.29 is 17.9 Å². The average Bonchev–Trinajstić information content (AvgIpc) is 3.46. The lowest BCUT2D eigenvalue weighted by atomic mass is 10.1. The van der Waals surface area contributed by atoms with Crippen molar-refractivity contribution in [2.75, 3.05) is 31.3 Å². The zero-order chi connectivity index (χ0) is 21.0. The van der Waals surface area contributed by atoms with Gasteiger partial charge in [0.2, 0.25) is 5.95 Å². The maximum Gasteiger partial charge on any atom is 0.421 e. The largest absolute Gasteiger partial charge is 0.495 e. The fourth-order valence-electron chi connectivity index (χ4n) is 2.90. The molecular formula is C19H25F3N6O. The van der Waals surface area contributed by atoms with Crippen LogP contribution in [0, 0.1) is 0 Å². The standard InChI is InChI=1S/C19H25F3N6O/c1-24-9-12(23)7-11-3-6-15(16(8-11)29-2)27-18-25-10-14(19(20,21)22)17(28-18)26-13-4-5-13/h3,6,8,10,12-13,24H,4-5,7,9,23H2,1-2H3,(H2,25,26,27,28). The number of anilines is 3. The average molecular weight is 410 g/mol. The van der Waals surface area contributed by atoms with Gasteiger partial charge in [-0.1, -0.05) is 6.07 Å². The Bertz CT molecular complexity index is 841. The van der Waals surface area contributed by atoms with Crippen molar-refractivity contribution in [1.29, 1.82) is 0 Å². The molecule has 1 fully saturated rings. The topological polar surface area (TPSA) is 97.1 Å². The lowest BCUT2D eigenvalue weighted by Crippen LogP contribution is -2.33. The van der Waals surface area contributed by atoms with Gasteiger partial charge < -0.3 is 26.4 Å². The van der Waals surface area contributed by atoms with Crippen LogP contribution in [0.5, 0.6) is 5.75 Å². The Balaban J connectivity index is 1.81. The van der Waals surface area contributed by atoms with Gasteiger partial charge in [-0.15, -0.1) is 0 Å². The summed E-state index contributed by atoms with van der Waals surface area (Å²) in [6, 6.07) is 5.47. The molecule has 5 N–H and O–H groups in total. The van der Waals surface area contributed by atoms with Crippen LogP contribution in [0.2, 0.25) is 0 Å². The Morgan fingerprint density at radius 2 is 2.07 bits per heavy atom. The number of nitrogens with two attached hydrogens (primary N) is 1. The van der Waals surface area contributed by atoms with E-state index in [1.165, 1.54) is 7.11 Å². The maximum atomic E-state index is 13.2. The molecule has 10 heteroatoms. The normalized spacial score (nSPS) is 15.1. The van der Waals surface area contributed by atoms with Gasteiger partial charge in [0.05, 0.1) is 12.8 Å². The van der Waals surface area contributed by atoms with Crippen molar-refractivity contribution in [2.24, 2.45) is 5.73 Å². The summed E-state index contributed by atoms with van der Waals surface area (Å²) < 4.78 is 45.1. The Kier molecular flexibility index (Phi) is 6.43. The molecule has 1 aliphatic carbocycles. The fourth-order valence-corrected chi connectivity index (χ4v) is 2.90. The summed E-state index contributed by atoms with van der Waals surface area (Å²) >= 11 is 0. The van der Waals surface area contributed by atoms with Gasteiger partial charge >= 0.3 is 6.18 Å². The molecule has 7 nitrogen and oxygen atoms in total. The van der Waals surface area contributed by atoms with Crippen LogP contribution >= 0.6 is 0 Å². The summed E-state index contributed by atoms with van der Waals surface area (Å²) in [6.45, 7) is 0.679. The van der Waals surface area contributed by atoms with E-state index in [0.717, 1.165) is 24.6 Å². The van der Waals surface area contributed by atoms with Gasteiger partial charge in [0.25, 0.3) is 0 Å². The second kappa shape index (κ2) is 8.83. The van der Waals surface area contributed by atoms with E-state index >= 15 is 0 Å². The van der Waals surface area contributed by atoms with E-state index in [1.807, 2.05) is 19.2 Å². The minimum atomic E-state index is -4.53. The van der Waals surface area contributed by atoms with Crippen molar-refractivity contribution in [3.05, 3.63) is 35.5 Å².